The smallest absolute Gasteiger partial charge is 0.355 e. The van der Waals surface area contributed by atoms with Crippen LogP contribution in [0.2, 0.25) is 0 Å². The first kappa shape index (κ1) is 12.0. The number of hydrogen-bond acceptors (Lipinski definition) is 6. The molecule has 2 N–H and O–H groups in total. The molecule has 1 rings (SSSR count). The highest BCUT2D eigenvalue weighted by atomic mass is 32.2. The van der Waals surface area contributed by atoms with Gasteiger partial charge in [-0.2, -0.15) is 0 Å². The van der Waals surface area contributed by atoms with E-state index in [-0.39, 0.29) is 0 Å². The molecule has 0 saturated carbocycles. The van der Waals surface area contributed by atoms with Crippen molar-refractivity contribution in [2.24, 2.45) is 0 Å². The molecule has 0 aliphatic heterocycles. The molecule has 8 nitrogen and oxygen atoms in total. The van der Waals surface area contributed by atoms with Crippen molar-refractivity contribution >= 4 is 21.8 Å². The van der Waals surface area contributed by atoms with E-state index in [2.05, 4.69) is 9.97 Å². The van der Waals surface area contributed by atoms with Crippen molar-refractivity contribution in [1.29, 1.82) is 0 Å². The minimum absolute atomic E-state index is 0.648. The fourth-order valence-electron chi connectivity index (χ4n) is 0.864. The summed E-state index contributed by atoms with van der Waals surface area (Å²) in [7, 11) is -3.78. The highest BCUT2D eigenvalue weighted by Crippen LogP contribution is 2.09. The summed E-state index contributed by atoms with van der Waals surface area (Å²) in [6.07, 6.45) is 1.43. The van der Waals surface area contributed by atoms with E-state index < -0.39 is 38.2 Å². The van der Waals surface area contributed by atoms with Crippen molar-refractivity contribution in [3.8, 4) is 0 Å². The van der Waals surface area contributed by atoms with Crippen LogP contribution < -0.4 is 0 Å². The zero-order chi connectivity index (χ0) is 12.5. The first-order valence-electron chi connectivity index (χ1n) is 3.77. The predicted octanol–water partition coefficient (Wildman–Crippen LogP) is -0.723. The van der Waals surface area contributed by atoms with Crippen LogP contribution in [0, 0.1) is 0 Å². The molecule has 0 aromatic carbocycles. The van der Waals surface area contributed by atoms with Gasteiger partial charge in [0.25, 0.3) is 0 Å². The summed E-state index contributed by atoms with van der Waals surface area (Å²) in [5.74, 6) is -3.18. The number of carboxylic acids is 2. The van der Waals surface area contributed by atoms with Crippen LogP contribution in [-0.4, -0.2) is 46.8 Å². The van der Waals surface area contributed by atoms with Gasteiger partial charge in [0.2, 0.25) is 15.0 Å². The van der Waals surface area contributed by atoms with Crippen LogP contribution in [0.15, 0.2) is 11.4 Å². The SMILES string of the molecule is CS(=O)(=O)c1ncc(C(=O)O)c(C(=O)O)n1. The second kappa shape index (κ2) is 3.85. The van der Waals surface area contributed by atoms with E-state index in [0.717, 1.165) is 6.26 Å². The molecule has 1 aromatic heterocycles. The Morgan fingerprint density at radius 1 is 1.25 bits per heavy atom. The third-order valence-corrected chi connectivity index (χ3v) is 2.39. The van der Waals surface area contributed by atoms with Crippen LogP contribution in [0.3, 0.4) is 0 Å². The Morgan fingerprint density at radius 3 is 2.19 bits per heavy atom. The summed E-state index contributed by atoms with van der Waals surface area (Å²) < 4.78 is 22.0. The molecule has 0 spiro atoms. The Balaban J connectivity index is 3.52. The van der Waals surface area contributed by atoms with Gasteiger partial charge in [-0.3, -0.25) is 0 Å². The summed E-state index contributed by atoms with van der Waals surface area (Å²) in [4.78, 5) is 27.7. The van der Waals surface area contributed by atoms with E-state index in [9.17, 15) is 18.0 Å². The number of nitrogens with zero attached hydrogens (tertiary/aromatic N) is 2. The minimum atomic E-state index is -3.78. The lowest BCUT2D eigenvalue weighted by Crippen LogP contribution is -2.15. The lowest BCUT2D eigenvalue weighted by molar-refractivity contribution is 0.0644. The molecule has 0 aliphatic rings. The van der Waals surface area contributed by atoms with Crippen LogP contribution in [0.25, 0.3) is 0 Å². The van der Waals surface area contributed by atoms with Crippen molar-refractivity contribution in [1.82, 2.24) is 9.97 Å². The summed E-state index contributed by atoms with van der Waals surface area (Å²) in [6, 6.07) is 0. The largest absolute Gasteiger partial charge is 0.478 e. The van der Waals surface area contributed by atoms with Crippen LogP contribution in [0.5, 0.6) is 0 Å². The van der Waals surface area contributed by atoms with Crippen molar-refractivity contribution in [3.05, 3.63) is 17.5 Å². The predicted molar refractivity (Wildman–Crippen MR) is 49.1 cm³/mol. The minimum Gasteiger partial charge on any atom is -0.478 e. The lowest BCUT2D eigenvalue weighted by atomic mass is 10.2. The van der Waals surface area contributed by atoms with Gasteiger partial charge >= 0.3 is 11.9 Å². The topological polar surface area (TPSA) is 135 Å². The van der Waals surface area contributed by atoms with E-state index >= 15 is 0 Å². The molecule has 0 atom stereocenters. The van der Waals surface area contributed by atoms with Crippen molar-refractivity contribution in [2.75, 3.05) is 6.26 Å². The van der Waals surface area contributed by atoms with Crippen LogP contribution in [-0.2, 0) is 9.84 Å². The molecule has 0 amide bonds. The number of aromatic nitrogens is 2. The molecule has 16 heavy (non-hydrogen) atoms. The molecule has 0 saturated heterocycles. The number of aromatic carboxylic acids is 2. The van der Waals surface area contributed by atoms with Gasteiger partial charge in [0.05, 0.1) is 0 Å². The highest BCUT2D eigenvalue weighted by molar-refractivity contribution is 7.90. The number of sulfone groups is 1. The molecule has 0 unspecified atom stereocenters. The van der Waals surface area contributed by atoms with Gasteiger partial charge < -0.3 is 10.2 Å². The Kier molecular flexibility index (Phi) is 2.90. The monoisotopic (exact) mass is 246 g/mol. The molecule has 1 heterocycles. The molecule has 1 aromatic rings. The maximum atomic E-state index is 11.0. The number of rotatable bonds is 3. The summed E-state index contributed by atoms with van der Waals surface area (Å²) in [5.41, 5.74) is -1.53. The van der Waals surface area contributed by atoms with Gasteiger partial charge in [0, 0.05) is 12.5 Å². The van der Waals surface area contributed by atoms with Crippen molar-refractivity contribution in [2.45, 2.75) is 5.16 Å². The maximum absolute atomic E-state index is 11.0. The van der Waals surface area contributed by atoms with Gasteiger partial charge in [-0.15, -0.1) is 0 Å². The lowest BCUT2D eigenvalue weighted by Gasteiger charge is -2.01. The Morgan fingerprint density at radius 2 is 1.81 bits per heavy atom. The Labute approximate surface area is 89.5 Å². The standard InChI is InChI=1S/C7H6N2O6S/c1-16(14,15)7-8-2-3(5(10)11)4(9-7)6(12)13/h2H,1H3,(H,10,11)(H,12,13). The summed E-state index contributed by atoms with van der Waals surface area (Å²) >= 11 is 0. The van der Waals surface area contributed by atoms with Gasteiger partial charge in [0.15, 0.2) is 5.69 Å². The average Bonchev–Trinajstić information content (AvgIpc) is 2.15. The maximum Gasteiger partial charge on any atom is 0.355 e. The fourth-order valence-corrected chi connectivity index (χ4v) is 1.37. The average molecular weight is 246 g/mol. The van der Waals surface area contributed by atoms with Crippen molar-refractivity contribution in [3.63, 3.8) is 0 Å². The molecular formula is C7H6N2O6S. The van der Waals surface area contributed by atoms with Gasteiger partial charge in [-0.25, -0.2) is 28.0 Å². The van der Waals surface area contributed by atoms with Crippen molar-refractivity contribution < 1.29 is 28.2 Å². The number of carboxylic acid groups (broad SMARTS) is 2. The molecule has 0 aliphatic carbocycles. The first-order valence-corrected chi connectivity index (χ1v) is 5.66. The molecule has 9 heteroatoms. The number of hydrogen-bond donors (Lipinski definition) is 2. The normalized spacial score (nSPS) is 11.1. The zero-order valence-corrected chi connectivity index (χ0v) is 8.72. The van der Waals surface area contributed by atoms with Gasteiger partial charge in [0.1, 0.15) is 5.56 Å². The number of carbonyl (C=O) groups is 2. The van der Waals surface area contributed by atoms with Crippen LogP contribution in [0.1, 0.15) is 20.8 Å². The van der Waals surface area contributed by atoms with E-state index in [1.807, 2.05) is 0 Å². The molecule has 0 radical (unpaired) electrons. The Bertz CT molecular complexity index is 564. The van der Waals surface area contributed by atoms with Gasteiger partial charge in [-0.1, -0.05) is 0 Å². The molecule has 0 bridgehead atoms. The second-order valence-electron chi connectivity index (χ2n) is 2.80. The summed E-state index contributed by atoms with van der Waals surface area (Å²) in [6.45, 7) is 0. The molecule has 0 fully saturated rings. The zero-order valence-electron chi connectivity index (χ0n) is 7.91. The molecular weight excluding hydrogens is 240 g/mol. The van der Waals surface area contributed by atoms with E-state index in [0.29, 0.717) is 6.20 Å². The van der Waals surface area contributed by atoms with E-state index in [1.165, 1.54) is 0 Å². The fraction of sp³-hybridized carbons (Fsp3) is 0.143. The van der Waals surface area contributed by atoms with Crippen LogP contribution in [0.4, 0.5) is 0 Å². The molecule has 86 valence electrons. The third kappa shape index (κ3) is 2.31. The van der Waals surface area contributed by atoms with Crippen LogP contribution >= 0.6 is 0 Å². The Hall–Kier alpha value is -2.03. The van der Waals surface area contributed by atoms with E-state index in [1.54, 1.807) is 0 Å². The summed E-state index contributed by atoms with van der Waals surface area (Å²) in [5, 5.41) is 16.5. The second-order valence-corrected chi connectivity index (χ2v) is 4.71. The first-order chi connectivity index (χ1) is 7.23. The highest BCUT2D eigenvalue weighted by Gasteiger charge is 2.22. The quantitative estimate of drug-likeness (QED) is 0.667. The third-order valence-electron chi connectivity index (χ3n) is 1.53. The van der Waals surface area contributed by atoms with Gasteiger partial charge in [-0.05, 0) is 0 Å². The van der Waals surface area contributed by atoms with E-state index in [4.69, 9.17) is 10.2 Å².